The van der Waals surface area contributed by atoms with Crippen LogP contribution in [0, 0.1) is 0 Å². The second-order valence-electron chi connectivity index (χ2n) is 6.98. The molecule has 0 aromatic heterocycles. The van der Waals surface area contributed by atoms with Crippen LogP contribution in [0.25, 0.3) is 0 Å². The van der Waals surface area contributed by atoms with Crippen molar-refractivity contribution in [3.05, 3.63) is 60.7 Å². The van der Waals surface area contributed by atoms with E-state index in [4.69, 9.17) is 9.05 Å². The average Bonchev–Trinajstić information content (AvgIpc) is 2.74. The second kappa shape index (κ2) is 11.0. The molecule has 0 aliphatic heterocycles. The van der Waals surface area contributed by atoms with Crippen LogP contribution in [0.2, 0.25) is 0 Å². The van der Waals surface area contributed by atoms with Crippen LogP contribution in [0.1, 0.15) is 26.2 Å². The molecule has 0 bridgehead atoms. The summed E-state index contributed by atoms with van der Waals surface area (Å²) in [6, 6.07) is 11.7. The molecule has 0 saturated heterocycles. The number of alkyl halides is 6. The van der Waals surface area contributed by atoms with Crippen molar-refractivity contribution >= 4 is 13.7 Å². The Balaban J connectivity index is 2.64. The molecule has 0 aliphatic rings. The zero-order valence-electron chi connectivity index (χ0n) is 17.9. The number of nitrogens with one attached hydrogen (secondary N) is 1. The molecule has 0 atom stereocenters. The molecular weight excluding hydrogens is 491 g/mol. The number of amides is 1. The maximum atomic E-state index is 14.3. The van der Waals surface area contributed by atoms with Gasteiger partial charge in [0.15, 0.2) is 0 Å². The largest absolute Gasteiger partial charge is 0.475 e. The molecule has 1 N–H and O–H groups in total. The van der Waals surface area contributed by atoms with Crippen LogP contribution in [0.4, 0.5) is 31.1 Å². The molecule has 2 aromatic carbocycles. The highest BCUT2D eigenvalue weighted by atomic mass is 31.2. The third kappa shape index (κ3) is 6.16. The number of hydrogen-bond donors (Lipinski definition) is 1. The molecule has 0 fully saturated rings. The Morgan fingerprint density at radius 2 is 1.26 bits per heavy atom. The van der Waals surface area contributed by atoms with E-state index >= 15 is 0 Å². The van der Waals surface area contributed by atoms with Crippen molar-refractivity contribution in [2.75, 3.05) is 6.61 Å². The van der Waals surface area contributed by atoms with Crippen molar-refractivity contribution in [2.45, 2.75) is 43.8 Å². The van der Waals surface area contributed by atoms with Crippen LogP contribution in [-0.2, 0) is 9.30 Å². The van der Waals surface area contributed by atoms with Gasteiger partial charge in [-0.05, 0) is 30.7 Å². The zero-order valence-corrected chi connectivity index (χ0v) is 18.8. The van der Waals surface area contributed by atoms with Crippen molar-refractivity contribution in [3.8, 4) is 11.5 Å². The lowest BCUT2D eigenvalue weighted by molar-refractivity contribution is -0.278. The molecule has 0 saturated carbocycles. The summed E-state index contributed by atoms with van der Waals surface area (Å²) in [4.78, 5) is 12.1. The van der Waals surface area contributed by atoms with E-state index in [1.807, 2.05) is 0 Å². The van der Waals surface area contributed by atoms with Gasteiger partial charge in [-0.25, -0.2) is 9.36 Å². The topological polar surface area (TPSA) is 73.9 Å². The Bertz CT molecular complexity index is 910. The predicted molar refractivity (Wildman–Crippen MR) is 111 cm³/mol. The van der Waals surface area contributed by atoms with Gasteiger partial charge < -0.3 is 13.8 Å². The Kier molecular flexibility index (Phi) is 8.88. The number of alkyl carbamates (subject to hydrolysis) is 1. The molecule has 188 valence electrons. The van der Waals surface area contributed by atoms with Gasteiger partial charge in [0.2, 0.25) is 0 Å². The van der Waals surface area contributed by atoms with Crippen LogP contribution in [0.15, 0.2) is 60.7 Å². The minimum Gasteiger partial charge on any atom is -0.450 e. The SMILES string of the molecule is CCCCCOC(=O)NC(C(F)(F)F)(C(F)(F)F)P(=O)(Oc1ccccc1)Oc1ccccc1. The molecule has 0 radical (unpaired) electrons. The molecule has 0 spiro atoms. The van der Waals surface area contributed by atoms with Crippen LogP contribution < -0.4 is 14.4 Å². The lowest BCUT2D eigenvalue weighted by atomic mass is 10.2. The minimum atomic E-state index is -6.41. The highest BCUT2D eigenvalue weighted by molar-refractivity contribution is 7.56. The Labute approximate surface area is 191 Å². The van der Waals surface area contributed by atoms with Gasteiger partial charge >= 0.3 is 31.3 Å². The van der Waals surface area contributed by atoms with Gasteiger partial charge in [-0.3, -0.25) is 5.32 Å². The third-order valence-electron chi connectivity index (χ3n) is 4.43. The number of carbonyl (C=O) groups is 1. The zero-order chi connectivity index (χ0) is 25.5. The molecule has 0 heterocycles. The maximum Gasteiger partial charge on any atom is 0.475 e. The number of rotatable bonds is 10. The van der Waals surface area contributed by atoms with E-state index in [1.165, 1.54) is 36.4 Å². The lowest BCUT2D eigenvalue weighted by Gasteiger charge is -2.40. The molecule has 1 amide bonds. The monoisotopic (exact) mass is 513 g/mol. The standard InChI is InChI=1S/C21H22F6NO5P/c1-2-3-10-15-31-18(29)28-19(20(22,23)24,21(25,26)27)34(30,32-16-11-6-4-7-12-16)33-17-13-8-5-9-14-17/h4-9,11-14H,2-3,10,15H2,1H3,(H,28,29). The van der Waals surface area contributed by atoms with E-state index in [9.17, 15) is 35.7 Å². The van der Waals surface area contributed by atoms with Crippen molar-refractivity contribution in [1.29, 1.82) is 0 Å². The van der Waals surface area contributed by atoms with E-state index in [0.29, 0.717) is 12.8 Å². The van der Waals surface area contributed by atoms with Crippen LogP contribution in [-0.4, -0.2) is 30.3 Å². The highest BCUT2D eigenvalue weighted by Crippen LogP contribution is 2.68. The minimum absolute atomic E-state index is 0.202. The van der Waals surface area contributed by atoms with Gasteiger partial charge in [0.25, 0.3) is 0 Å². The second-order valence-corrected chi connectivity index (χ2v) is 9.01. The first-order chi connectivity index (χ1) is 15.9. The van der Waals surface area contributed by atoms with Gasteiger partial charge in [0.05, 0.1) is 6.61 Å². The van der Waals surface area contributed by atoms with Gasteiger partial charge in [0, 0.05) is 0 Å². The van der Waals surface area contributed by atoms with Crippen molar-refractivity contribution in [1.82, 2.24) is 5.32 Å². The van der Waals surface area contributed by atoms with E-state index in [-0.39, 0.29) is 6.42 Å². The van der Waals surface area contributed by atoms with Gasteiger partial charge in [-0.2, -0.15) is 26.3 Å². The number of hydrogen-bond acceptors (Lipinski definition) is 5. The summed E-state index contributed by atoms with van der Waals surface area (Å²) in [6.45, 7) is 1.34. The fourth-order valence-electron chi connectivity index (χ4n) is 2.78. The van der Waals surface area contributed by atoms with E-state index < -0.39 is 49.4 Å². The van der Waals surface area contributed by atoms with Crippen LogP contribution >= 0.6 is 7.60 Å². The summed E-state index contributed by atoms with van der Waals surface area (Å²) in [5, 5.41) is -4.71. The molecule has 2 rings (SSSR count). The van der Waals surface area contributed by atoms with Gasteiger partial charge in [0.1, 0.15) is 11.5 Å². The van der Waals surface area contributed by atoms with E-state index in [2.05, 4.69) is 4.74 Å². The number of carbonyl (C=O) groups excluding carboxylic acids is 1. The lowest BCUT2D eigenvalue weighted by Crippen LogP contribution is -2.68. The molecule has 0 unspecified atom stereocenters. The molecule has 0 aliphatic carbocycles. The Hall–Kier alpha value is -2.88. The third-order valence-corrected chi connectivity index (χ3v) is 6.78. The van der Waals surface area contributed by atoms with Crippen molar-refractivity contribution in [2.24, 2.45) is 0 Å². The summed E-state index contributed by atoms with van der Waals surface area (Å²) < 4.78 is 113. The first-order valence-corrected chi connectivity index (χ1v) is 11.6. The summed E-state index contributed by atoms with van der Waals surface area (Å²) in [7, 11) is -6.41. The first-order valence-electron chi connectivity index (χ1n) is 10.0. The number of benzene rings is 2. The van der Waals surface area contributed by atoms with Gasteiger partial charge in [-0.15, -0.1) is 0 Å². The molecular formula is C21H22F6NO5P. The van der Waals surface area contributed by atoms with Crippen LogP contribution in [0.3, 0.4) is 0 Å². The number of para-hydroxylation sites is 2. The summed E-state index contributed by atoms with van der Waals surface area (Å²) >= 11 is 0. The normalized spacial score (nSPS) is 12.7. The fraction of sp³-hybridized carbons (Fsp3) is 0.381. The highest BCUT2D eigenvalue weighted by Gasteiger charge is 2.85. The van der Waals surface area contributed by atoms with Crippen molar-refractivity contribution in [3.63, 3.8) is 0 Å². The van der Waals surface area contributed by atoms with Gasteiger partial charge in [-0.1, -0.05) is 56.2 Å². The molecule has 13 heteroatoms. The summed E-state index contributed by atoms with van der Waals surface area (Å²) in [5.74, 6) is -1.23. The molecule has 34 heavy (non-hydrogen) atoms. The molecule has 6 nitrogen and oxygen atoms in total. The summed E-state index contributed by atoms with van der Waals surface area (Å²) in [5.41, 5.74) is 0. The number of ether oxygens (including phenoxy) is 1. The average molecular weight is 513 g/mol. The van der Waals surface area contributed by atoms with E-state index in [1.54, 1.807) is 6.92 Å². The number of halogens is 6. The van der Waals surface area contributed by atoms with E-state index in [0.717, 1.165) is 29.6 Å². The predicted octanol–water partition coefficient (Wildman–Crippen LogP) is 7.07. The molecule has 2 aromatic rings. The number of unbranched alkanes of at least 4 members (excludes halogenated alkanes) is 2. The van der Waals surface area contributed by atoms with Crippen LogP contribution in [0.5, 0.6) is 11.5 Å². The fourth-order valence-corrected chi connectivity index (χ4v) is 4.74. The Morgan fingerprint density at radius 3 is 1.65 bits per heavy atom. The first kappa shape index (κ1) is 27.4. The quantitative estimate of drug-likeness (QED) is 0.209. The van der Waals surface area contributed by atoms with Crippen molar-refractivity contribution < 1.29 is 49.5 Å². The maximum absolute atomic E-state index is 14.3. The summed E-state index contributed by atoms with van der Waals surface area (Å²) in [6.07, 6.45) is -13.5. The Morgan fingerprint density at radius 1 is 0.824 bits per heavy atom. The smallest absolute Gasteiger partial charge is 0.450 e.